The van der Waals surface area contributed by atoms with Gasteiger partial charge in [-0.2, -0.15) is 0 Å². The van der Waals surface area contributed by atoms with Gasteiger partial charge < -0.3 is 11.1 Å². The van der Waals surface area contributed by atoms with Gasteiger partial charge in [0.05, 0.1) is 18.0 Å². The summed E-state index contributed by atoms with van der Waals surface area (Å²) in [5.74, 6) is -0.124. The van der Waals surface area contributed by atoms with E-state index in [2.05, 4.69) is 17.5 Å². The topological polar surface area (TPSA) is 55.1 Å². The lowest BCUT2D eigenvalue weighted by atomic mass is 10.4. The highest BCUT2D eigenvalue weighted by atomic mass is 32.1. The molecule has 13 heavy (non-hydrogen) atoms. The Hall–Kier alpha value is -0.940. The number of hydrogen-bond donors (Lipinski definition) is 2. The first-order valence-corrected chi connectivity index (χ1v) is 5.04. The second-order valence-corrected chi connectivity index (χ2v) is 4.06. The quantitative estimate of drug-likeness (QED) is 0.736. The first-order valence-electron chi connectivity index (χ1n) is 3.76. The molecule has 0 aliphatic rings. The number of carbonyl (C=O) groups excluding carboxylic acids is 1. The molecule has 0 aliphatic heterocycles. The van der Waals surface area contributed by atoms with Crippen LogP contribution in [0.5, 0.6) is 0 Å². The van der Waals surface area contributed by atoms with Gasteiger partial charge in [-0.05, 0) is 11.4 Å². The molecule has 1 aromatic heterocycles. The molecule has 1 aromatic rings. The van der Waals surface area contributed by atoms with Crippen LogP contribution in [0.1, 0.15) is 11.3 Å². The highest BCUT2D eigenvalue weighted by Crippen LogP contribution is 2.07. The van der Waals surface area contributed by atoms with E-state index in [0.717, 1.165) is 4.88 Å². The monoisotopic (exact) mass is 214 g/mol. The fraction of sp³-hybridized carbons (Fsp3) is 0.250. The van der Waals surface area contributed by atoms with E-state index in [9.17, 15) is 4.79 Å². The lowest BCUT2D eigenvalue weighted by Crippen LogP contribution is -2.26. The summed E-state index contributed by atoms with van der Waals surface area (Å²) >= 11 is 6.21. The van der Waals surface area contributed by atoms with Gasteiger partial charge in [0.15, 0.2) is 0 Å². The molecule has 1 heterocycles. The zero-order chi connectivity index (χ0) is 9.68. The molecule has 0 radical (unpaired) electrons. The van der Waals surface area contributed by atoms with E-state index in [1.807, 2.05) is 17.5 Å². The summed E-state index contributed by atoms with van der Waals surface area (Å²) in [7, 11) is 0. The SMILES string of the molecule is NC(=S)CC(=O)NCc1cccs1. The van der Waals surface area contributed by atoms with Crippen molar-refractivity contribution in [1.82, 2.24) is 5.32 Å². The van der Waals surface area contributed by atoms with Gasteiger partial charge in [0.1, 0.15) is 0 Å². The molecule has 0 spiro atoms. The number of nitrogens with two attached hydrogens (primary N) is 1. The van der Waals surface area contributed by atoms with Crippen molar-refractivity contribution in [2.75, 3.05) is 0 Å². The van der Waals surface area contributed by atoms with E-state index in [1.165, 1.54) is 0 Å². The summed E-state index contributed by atoms with van der Waals surface area (Å²) in [6.07, 6.45) is 0.126. The van der Waals surface area contributed by atoms with Gasteiger partial charge in [0.2, 0.25) is 5.91 Å². The molecule has 3 N–H and O–H groups in total. The lowest BCUT2D eigenvalue weighted by molar-refractivity contribution is -0.120. The first-order chi connectivity index (χ1) is 6.18. The maximum Gasteiger partial charge on any atom is 0.227 e. The highest BCUT2D eigenvalue weighted by molar-refractivity contribution is 7.80. The van der Waals surface area contributed by atoms with Crippen molar-refractivity contribution in [2.45, 2.75) is 13.0 Å². The number of amides is 1. The Morgan fingerprint density at radius 1 is 1.69 bits per heavy atom. The molecule has 1 amide bonds. The minimum atomic E-state index is -0.124. The summed E-state index contributed by atoms with van der Waals surface area (Å²) in [6, 6.07) is 3.91. The van der Waals surface area contributed by atoms with Crippen LogP contribution in [0.15, 0.2) is 17.5 Å². The van der Waals surface area contributed by atoms with Crippen LogP contribution in [0.25, 0.3) is 0 Å². The van der Waals surface area contributed by atoms with Crippen LogP contribution in [0.4, 0.5) is 0 Å². The third kappa shape index (κ3) is 4.00. The number of thiocarbonyl (C=S) groups is 1. The Morgan fingerprint density at radius 2 is 2.46 bits per heavy atom. The molecule has 0 saturated heterocycles. The zero-order valence-corrected chi connectivity index (χ0v) is 8.58. The molecule has 0 aliphatic carbocycles. The predicted octanol–water partition coefficient (Wildman–Crippen LogP) is 1.04. The smallest absolute Gasteiger partial charge is 0.227 e. The summed E-state index contributed by atoms with van der Waals surface area (Å²) < 4.78 is 0. The third-order valence-corrected chi connectivity index (χ3v) is 2.40. The average molecular weight is 214 g/mol. The van der Waals surface area contributed by atoms with Gasteiger partial charge in [-0.1, -0.05) is 18.3 Å². The summed E-state index contributed by atoms with van der Waals surface area (Å²) in [6.45, 7) is 0.555. The number of carbonyl (C=O) groups is 1. The van der Waals surface area contributed by atoms with Gasteiger partial charge in [-0.3, -0.25) is 4.79 Å². The normalized spacial score (nSPS) is 9.54. The summed E-state index contributed by atoms with van der Waals surface area (Å²) in [4.78, 5) is 12.4. The van der Waals surface area contributed by atoms with Crippen LogP contribution in [0.3, 0.4) is 0 Å². The van der Waals surface area contributed by atoms with Crippen molar-refractivity contribution in [3.05, 3.63) is 22.4 Å². The third-order valence-electron chi connectivity index (χ3n) is 1.37. The van der Waals surface area contributed by atoms with Gasteiger partial charge in [-0.25, -0.2) is 0 Å². The number of hydrogen-bond acceptors (Lipinski definition) is 3. The Morgan fingerprint density at radius 3 is 3.00 bits per heavy atom. The Labute approximate surface area is 85.9 Å². The summed E-state index contributed by atoms with van der Waals surface area (Å²) in [5.41, 5.74) is 5.22. The van der Waals surface area contributed by atoms with Crippen LogP contribution in [-0.4, -0.2) is 10.9 Å². The van der Waals surface area contributed by atoms with Crippen LogP contribution in [0, 0.1) is 0 Å². The van der Waals surface area contributed by atoms with Crippen molar-refractivity contribution < 1.29 is 4.79 Å². The molecule has 0 fully saturated rings. The number of rotatable bonds is 4. The van der Waals surface area contributed by atoms with E-state index in [4.69, 9.17) is 5.73 Å². The minimum Gasteiger partial charge on any atom is -0.393 e. The molecule has 70 valence electrons. The lowest BCUT2D eigenvalue weighted by Gasteiger charge is -2.01. The standard InChI is InChI=1S/C8H10N2OS2/c9-7(12)4-8(11)10-5-6-2-1-3-13-6/h1-3H,4-5H2,(H2,9,12)(H,10,11). The van der Waals surface area contributed by atoms with E-state index in [1.54, 1.807) is 11.3 Å². The molecule has 3 nitrogen and oxygen atoms in total. The zero-order valence-electron chi connectivity index (χ0n) is 6.95. The highest BCUT2D eigenvalue weighted by Gasteiger charge is 2.02. The van der Waals surface area contributed by atoms with Gasteiger partial charge in [0, 0.05) is 4.88 Å². The molecule has 0 unspecified atom stereocenters. The van der Waals surface area contributed by atoms with Crippen LogP contribution >= 0.6 is 23.6 Å². The van der Waals surface area contributed by atoms with Gasteiger partial charge >= 0.3 is 0 Å². The molecule has 0 saturated carbocycles. The largest absolute Gasteiger partial charge is 0.393 e. The van der Waals surface area contributed by atoms with Crippen LogP contribution in [-0.2, 0) is 11.3 Å². The molecular formula is C8H10N2OS2. The first kappa shape index (κ1) is 10.1. The molecular weight excluding hydrogens is 204 g/mol. The predicted molar refractivity (Wildman–Crippen MR) is 57.6 cm³/mol. The van der Waals surface area contributed by atoms with E-state index < -0.39 is 0 Å². The second-order valence-electron chi connectivity index (χ2n) is 2.50. The molecule has 0 atom stereocenters. The molecule has 5 heteroatoms. The molecule has 0 aromatic carbocycles. The molecule has 0 bridgehead atoms. The molecule has 1 rings (SSSR count). The van der Waals surface area contributed by atoms with Gasteiger partial charge in [0.25, 0.3) is 0 Å². The number of thiophene rings is 1. The fourth-order valence-electron chi connectivity index (χ4n) is 0.820. The number of nitrogens with one attached hydrogen (secondary N) is 1. The van der Waals surface area contributed by atoms with Crippen LogP contribution < -0.4 is 11.1 Å². The Kier molecular flexibility index (Phi) is 3.85. The van der Waals surface area contributed by atoms with Crippen LogP contribution in [0.2, 0.25) is 0 Å². The van der Waals surface area contributed by atoms with E-state index in [-0.39, 0.29) is 17.3 Å². The maximum atomic E-state index is 11.1. The Bertz CT molecular complexity index is 295. The van der Waals surface area contributed by atoms with Crippen molar-refractivity contribution in [2.24, 2.45) is 5.73 Å². The fourth-order valence-corrected chi connectivity index (χ4v) is 1.60. The average Bonchev–Trinajstić information content (AvgIpc) is 2.51. The van der Waals surface area contributed by atoms with E-state index >= 15 is 0 Å². The second kappa shape index (κ2) is 4.94. The Balaban J connectivity index is 2.27. The minimum absolute atomic E-state index is 0.124. The van der Waals surface area contributed by atoms with Crippen molar-refractivity contribution in [1.29, 1.82) is 0 Å². The summed E-state index contributed by atoms with van der Waals surface area (Å²) in [5, 5.41) is 4.69. The van der Waals surface area contributed by atoms with Crippen molar-refractivity contribution in [3.63, 3.8) is 0 Å². The van der Waals surface area contributed by atoms with Gasteiger partial charge in [-0.15, -0.1) is 11.3 Å². The maximum absolute atomic E-state index is 11.1. The van der Waals surface area contributed by atoms with Crippen molar-refractivity contribution >= 4 is 34.5 Å². The van der Waals surface area contributed by atoms with Crippen molar-refractivity contribution in [3.8, 4) is 0 Å². The van der Waals surface area contributed by atoms with E-state index in [0.29, 0.717) is 6.54 Å².